The number of ether oxygens (including phenoxy) is 1. The first-order valence-corrected chi connectivity index (χ1v) is 11.1. The van der Waals surface area contributed by atoms with E-state index in [1.54, 1.807) is 12.1 Å². The van der Waals surface area contributed by atoms with E-state index in [1.807, 2.05) is 48.7 Å². The van der Waals surface area contributed by atoms with Crippen LogP contribution in [0.15, 0.2) is 66.9 Å². The van der Waals surface area contributed by atoms with Gasteiger partial charge in [-0.05, 0) is 66.4 Å². The van der Waals surface area contributed by atoms with Crippen LogP contribution in [0.3, 0.4) is 0 Å². The first-order valence-electron chi connectivity index (χ1n) is 10.7. The van der Waals surface area contributed by atoms with Crippen LogP contribution in [0.5, 0.6) is 11.5 Å². The van der Waals surface area contributed by atoms with Crippen LogP contribution in [0.25, 0.3) is 0 Å². The van der Waals surface area contributed by atoms with Gasteiger partial charge >= 0.3 is 5.97 Å². The Balaban J connectivity index is 1.22. The van der Waals surface area contributed by atoms with Crippen LogP contribution < -0.4 is 15.0 Å². The number of anilines is 1. The van der Waals surface area contributed by atoms with Gasteiger partial charge < -0.3 is 20.1 Å². The molecule has 3 aromatic rings. The molecule has 0 aliphatic carbocycles. The summed E-state index contributed by atoms with van der Waals surface area (Å²) in [5.41, 5.74) is 2.27. The third kappa shape index (κ3) is 5.99. The standard InChI is InChI=1S/C25H26ClN3O3/c26-21-4-8-23(9-5-21)32-22-6-1-18(2-7-22)15-27-16-19-3-10-24(28-17-19)29-13-11-20(12-14-29)25(30)31/h1-10,17,20,27H,11-16H2,(H,30,31). The molecule has 0 saturated carbocycles. The van der Waals surface area contributed by atoms with Gasteiger partial charge in [0.05, 0.1) is 5.92 Å². The molecule has 1 fully saturated rings. The number of carbonyl (C=O) groups is 1. The number of nitrogens with zero attached hydrogens (tertiary/aromatic N) is 2. The highest BCUT2D eigenvalue weighted by atomic mass is 35.5. The maximum Gasteiger partial charge on any atom is 0.306 e. The largest absolute Gasteiger partial charge is 0.481 e. The zero-order valence-electron chi connectivity index (χ0n) is 17.7. The lowest BCUT2D eigenvalue weighted by atomic mass is 9.97. The Morgan fingerprint density at radius 2 is 1.56 bits per heavy atom. The van der Waals surface area contributed by atoms with Gasteiger partial charge in [0.2, 0.25) is 0 Å². The fourth-order valence-corrected chi connectivity index (χ4v) is 3.86. The first-order chi connectivity index (χ1) is 15.6. The van der Waals surface area contributed by atoms with Crippen LogP contribution in [0.2, 0.25) is 5.02 Å². The van der Waals surface area contributed by atoms with Crippen molar-refractivity contribution < 1.29 is 14.6 Å². The van der Waals surface area contributed by atoms with E-state index in [2.05, 4.69) is 21.3 Å². The summed E-state index contributed by atoms with van der Waals surface area (Å²) in [6.07, 6.45) is 3.22. The summed E-state index contributed by atoms with van der Waals surface area (Å²) < 4.78 is 5.82. The SMILES string of the molecule is O=C(O)C1CCN(c2ccc(CNCc3ccc(Oc4ccc(Cl)cc4)cc3)cn2)CC1. The second-order valence-corrected chi connectivity index (χ2v) is 8.36. The van der Waals surface area contributed by atoms with E-state index < -0.39 is 5.97 Å². The minimum Gasteiger partial charge on any atom is -0.481 e. The normalized spacial score (nSPS) is 14.3. The van der Waals surface area contributed by atoms with E-state index >= 15 is 0 Å². The van der Waals surface area contributed by atoms with Crippen molar-refractivity contribution in [3.05, 3.63) is 83.0 Å². The van der Waals surface area contributed by atoms with E-state index in [1.165, 1.54) is 5.56 Å². The average Bonchev–Trinajstić information content (AvgIpc) is 2.82. The van der Waals surface area contributed by atoms with Gasteiger partial charge in [-0.2, -0.15) is 0 Å². The van der Waals surface area contributed by atoms with Crippen molar-refractivity contribution in [2.75, 3.05) is 18.0 Å². The van der Waals surface area contributed by atoms with Crippen molar-refractivity contribution in [2.24, 2.45) is 5.92 Å². The minimum absolute atomic E-state index is 0.229. The molecule has 1 aliphatic rings. The van der Waals surface area contributed by atoms with E-state index in [-0.39, 0.29) is 5.92 Å². The lowest BCUT2D eigenvalue weighted by Crippen LogP contribution is -2.36. The summed E-state index contributed by atoms with van der Waals surface area (Å²) in [6.45, 7) is 2.93. The molecule has 1 aromatic heterocycles. The maximum atomic E-state index is 11.1. The Kier molecular flexibility index (Phi) is 7.24. The van der Waals surface area contributed by atoms with Crippen molar-refractivity contribution in [3.63, 3.8) is 0 Å². The molecule has 4 rings (SSSR count). The third-order valence-corrected chi connectivity index (χ3v) is 5.86. The monoisotopic (exact) mass is 451 g/mol. The Bertz CT molecular complexity index is 1020. The number of benzene rings is 2. The Labute approximate surface area is 192 Å². The van der Waals surface area contributed by atoms with Gasteiger partial charge in [0.15, 0.2) is 0 Å². The summed E-state index contributed by atoms with van der Waals surface area (Å²) in [7, 11) is 0. The molecule has 2 heterocycles. The highest BCUT2D eigenvalue weighted by molar-refractivity contribution is 6.30. The Morgan fingerprint density at radius 3 is 2.16 bits per heavy atom. The van der Waals surface area contributed by atoms with E-state index in [9.17, 15) is 4.79 Å². The second-order valence-electron chi connectivity index (χ2n) is 7.93. The number of hydrogen-bond donors (Lipinski definition) is 2. The molecular weight excluding hydrogens is 426 g/mol. The van der Waals surface area contributed by atoms with Gasteiger partial charge in [-0.3, -0.25) is 4.79 Å². The first kappa shape index (κ1) is 22.1. The Morgan fingerprint density at radius 1 is 0.969 bits per heavy atom. The molecule has 0 bridgehead atoms. The molecule has 0 unspecified atom stereocenters. The van der Waals surface area contributed by atoms with Gasteiger partial charge in [0, 0.05) is 37.4 Å². The molecule has 1 aliphatic heterocycles. The number of halogens is 1. The zero-order chi connectivity index (χ0) is 22.3. The molecule has 1 saturated heterocycles. The molecule has 0 spiro atoms. The predicted octanol–water partition coefficient (Wildman–Crippen LogP) is 5.12. The number of rotatable bonds is 8. The van der Waals surface area contributed by atoms with Crippen LogP contribution in [-0.2, 0) is 17.9 Å². The molecule has 2 N–H and O–H groups in total. The van der Waals surface area contributed by atoms with Crippen molar-refractivity contribution in [1.82, 2.24) is 10.3 Å². The topological polar surface area (TPSA) is 74.7 Å². The van der Waals surface area contributed by atoms with E-state index in [4.69, 9.17) is 21.4 Å². The smallest absolute Gasteiger partial charge is 0.306 e. The van der Waals surface area contributed by atoms with Gasteiger partial charge in [0.1, 0.15) is 17.3 Å². The number of hydrogen-bond acceptors (Lipinski definition) is 5. The van der Waals surface area contributed by atoms with Crippen molar-refractivity contribution in [1.29, 1.82) is 0 Å². The van der Waals surface area contributed by atoms with Crippen LogP contribution in [0.1, 0.15) is 24.0 Å². The highest BCUT2D eigenvalue weighted by Crippen LogP contribution is 2.24. The lowest BCUT2D eigenvalue weighted by molar-refractivity contribution is -0.142. The number of carboxylic acid groups (broad SMARTS) is 1. The third-order valence-electron chi connectivity index (χ3n) is 5.61. The molecular formula is C25H26ClN3O3. The molecule has 166 valence electrons. The number of piperidine rings is 1. The summed E-state index contributed by atoms with van der Waals surface area (Å²) in [4.78, 5) is 17.8. The Hall–Kier alpha value is -3.09. The van der Waals surface area contributed by atoms with Gasteiger partial charge in [-0.15, -0.1) is 0 Å². The number of nitrogens with one attached hydrogen (secondary N) is 1. The molecule has 0 amide bonds. The zero-order valence-corrected chi connectivity index (χ0v) is 18.5. The minimum atomic E-state index is -0.692. The number of aromatic nitrogens is 1. The highest BCUT2D eigenvalue weighted by Gasteiger charge is 2.24. The molecule has 32 heavy (non-hydrogen) atoms. The summed E-state index contributed by atoms with van der Waals surface area (Å²) >= 11 is 5.90. The maximum absolute atomic E-state index is 11.1. The molecule has 0 radical (unpaired) electrons. The number of carboxylic acids is 1. The lowest BCUT2D eigenvalue weighted by Gasteiger charge is -2.31. The quantitative estimate of drug-likeness (QED) is 0.495. The van der Waals surface area contributed by atoms with Gasteiger partial charge in [-0.25, -0.2) is 4.98 Å². The van der Waals surface area contributed by atoms with Crippen molar-refractivity contribution >= 4 is 23.4 Å². The van der Waals surface area contributed by atoms with Crippen LogP contribution in [0, 0.1) is 5.92 Å². The summed E-state index contributed by atoms with van der Waals surface area (Å²) in [5, 5.41) is 13.2. The van der Waals surface area contributed by atoms with E-state index in [0.29, 0.717) is 17.9 Å². The average molecular weight is 452 g/mol. The summed E-state index contributed by atoms with van der Waals surface area (Å²) in [6, 6.07) is 19.4. The van der Waals surface area contributed by atoms with Crippen LogP contribution in [0.4, 0.5) is 5.82 Å². The molecule has 7 heteroatoms. The van der Waals surface area contributed by atoms with Crippen molar-refractivity contribution in [3.8, 4) is 11.5 Å². The second kappa shape index (κ2) is 10.5. The van der Waals surface area contributed by atoms with Gasteiger partial charge in [0.25, 0.3) is 0 Å². The fraction of sp³-hybridized carbons (Fsp3) is 0.280. The van der Waals surface area contributed by atoms with Crippen LogP contribution >= 0.6 is 11.6 Å². The predicted molar refractivity (Wildman–Crippen MR) is 125 cm³/mol. The molecule has 2 aromatic carbocycles. The fourth-order valence-electron chi connectivity index (χ4n) is 3.73. The van der Waals surface area contributed by atoms with E-state index in [0.717, 1.165) is 49.1 Å². The van der Waals surface area contributed by atoms with Gasteiger partial charge in [-0.1, -0.05) is 29.8 Å². The number of pyridine rings is 1. The van der Waals surface area contributed by atoms with Crippen LogP contribution in [-0.4, -0.2) is 29.1 Å². The molecule has 6 nitrogen and oxygen atoms in total. The molecule has 0 atom stereocenters. The van der Waals surface area contributed by atoms with Crippen molar-refractivity contribution in [2.45, 2.75) is 25.9 Å². The number of aliphatic carboxylic acids is 1. The summed E-state index contributed by atoms with van der Waals surface area (Å²) in [5.74, 6) is 1.52.